The summed E-state index contributed by atoms with van der Waals surface area (Å²) >= 11 is 0. The van der Waals surface area contributed by atoms with E-state index < -0.39 is 0 Å². The van der Waals surface area contributed by atoms with E-state index in [4.69, 9.17) is 0 Å². The van der Waals surface area contributed by atoms with Crippen LogP contribution < -0.4 is 4.90 Å². The first-order valence-electron chi connectivity index (χ1n) is 6.66. The molecule has 1 unspecified atom stereocenters. The number of likely N-dealkylation sites (N-methyl/N-ethyl adjacent to an activating group) is 1. The summed E-state index contributed by atoms with van der Waals surface area (Å²) in [7, 11) is 2.27. The molecule has 2 aromatic rings. The zero-order valence-electron chi connectivity index (χ0n) is 11.3. The highest BCUT2D eigenvalue weighted by molar-refractivity contribution is 5.18. The van der Waals surface area contributed by atoms with Crippen LogP contribution in [0, 0.1) is 0 Å². The molecule has 0 fully saturated rings. The van der Waals surface area contributed by atoms with E-state index in [2.05, 4.69) is 74.6 Å². The van der Waals surface area contributed by atoms with Crippen LogP contribution in [-0.4, -0.2) is 13.6 Å². The molecule has 0 heterocycles. The molecule has 0 spiro atoms. The summed E-state index contributed by atoms with van der Waals surface area (Å²) in [4.78, 5) is 1.55. The fourth-order valence-electron chi connectivity index (χ4n) is 2.44. The number of nitrogens with one attached hydrogen (secondary N) is 1. The molecule has 18 heavy (non-hydrogen) atoms. The van der Waals surface area contributed by atoms with Crippen molar-refractivity contribution >= 4 is 0 Å². The summed E-state index contributed by atoms with van der Waals surface area (Å²) in [6, 6.07) is 21.5. The number of benzene rings is 2. The second kappa shape index (κ2) is 6.36. The first-order valence-corrected chi connectivity index (χ1v) is 6.66. The summed E-state index contributed by atoms with van der Waals surface area (Å²) in [5, 5.41) is 0. The van der Waals surface area contributed by atoms with Crippen LogP contribution in [0.1, 0.15) is 24.0 Å². The molecule has 0 saturated heterocycles. The van der Waals surface area contributed by atoms with Crippen molar-refractivity contribution in [3.63, 3.8) is 0 Å². The zero-order chi connectivity index (χ0) is 12.8. The minimum Gasteiger partial charge on any atom is -0.333 e. The maximum Gasteiger partial charge on any atom is 0.103 e. The van der Waals surface area contributed by atoms with E-state index in [1.807, 2.05) is 0 Å². The molecule has 0 bridgehead atoms. The number of rotatable bonds is 5. The van der Waals surface area contributed by atoms with Crippen molar-refractivity contribution in [2.45, 2.75) is 19.4 Å². The molecule has 2 aromatic carbocycles. The molecule has 2 atom stereocenters. The quantitative estimate of drug-likeness (QED) is 0.819. The Balaban J connectivity index is 1.90. The van der Waals surface area contributed by atoms with Crippen molar-refractivity contribution in [3.8, 4) is 0 Å². The van der Waals surface area contributed by atoms with E-state index >= 15 is 0 Å². The largest absolute Gasteiger partial charge is 0.333 e. The third-order valence-corrected chi connectivity index (χ3v) is 3.37. The van der Waals surface area contributed by atoms with Gasteiger partial charge in [-0.3, -0.25) is 0 Å². The molecule has 1 heteroatoms. The van der Waals surface area contributed by atoms with Crippen molar-refractivity contribution in [3.05, 3.63) is 71.8 Å². The molecule has 0 aliphatic heterocycles. The third-order valence-electron chi connectivity index (χ3n) is 3.37. The molecule has 0 amide bonds. The van der Waals surface area contributed by atoms with Gasteiger partial charge in [-0.1, -0.05) is 67.6 Å². The molecule has 0 aliphatic rings. The molecule has 0 radical (unpaired) electrons. The van der Waals surface area contributed by atoms with Gasteiger partial charge < -0.3 is 4.90 Å². The van der Waals surface area contributed by atoms with Crippen LogP contribution >= 0.6 is 0 Å². The Morgan fingerprint density at radius 2 is 1.44 bits per heavy atom. The normalized spacial score (nSPS) is 14.1. The molecular formula is C17H22N+. The Morgan fingerprint density at radius 1 is 0.889 bits per heavy atom. The number of hydrogen-bond acceptors (Lipinski definition) is 0. The first-order chi connectivity index (χ1) is 8.75. The maximum absolute atomic E-state index is 2.31. The predicted molar refractivity (Wildman–Crippen MR) is 76.8 cm³/mol. The lowest BCUT2D eigenvalue weighted by Gasteiger charge is -2.19. The lowest BCUT2D eigenvalue weighted by atomic mass is 10.0. The second-order valence-electron chi connectivity index (χ2n) is 5.14. The predicted octanol–water partition coefficient (Wildman–Crippen LogP) is 2.51. The number of quaternary nitrogens is 1. The fraction of sp³-hybridized carbons (Fsp3) is 0.294. The van der Waals surface area contributed by atoms with Gasteiger partial charge in [0.25, 0.3) is 0 Å². The summed E-state index contributed by atoms with van der Waals surface area (Å²) < 4.78 is 0. The average Bonchev–Trinajstić information content (AvgIpc) is 2.40. The minimum atomic E-state index is 0.606. The molecule has 2 rings (SSSR count). The zero-order valence-corrected chi connectivity index (χ0v) is 11.3. The molecule has 0 aliphatic carbocycles. The smallest absolute Gasteiger partial charge is 0.103 e. The fourth-order valence-corrected chi connectivity index (χ4v) is 2.44. The van der Waals surface area contributed by atoms with Gasteiger partial charge in [0.1, 0.15) is 6.54 Å². The van der Waals surface area contributed by atoms with Crippen LogP contribution in [0.5, 0.6) is 0 Å². The third kappa shape index (κ3) is 3.71. The van der Waals surface area contributed by atoms with Gasteiger partial charge in [-0.25, -0.2) is 0 Å². The number of hydrogen-bond donors (Lipinski definition) is 1. The van der Waals surface area contributed by atoms with E-state index in [0.717, 1.165) is 6.54 Å². The van der Waals surface area contributed by atoms with Crippen molar-refractivity contribution in [2.75, 3.05) is 13.6 Å². The van der Waals surface area contributed by atoms with Crippen LogP contribution in [0.25, 0.3) is 0 Å². The summed E-state index contributed by atoms with van der Waals surface area (Å²) in [5.74, 6) is 0.606. The monoisotopic (exact) mass is 240 g/mol. The standard InChI is InChI=1S/C17H21N/c1-15(17-11-7-4-8-12-17)13-18(2)14-16-9-5-3-6-10-16/h3-12,15H,13-14H2,1-2H3/p+1/t15-/m1/s1. The molecular weight excluding hydrogens is 218 g/mol. The van der Waals surface area contributed by atoms with Gasteiger partial charge in [-0.05, 0) is 5.56 Å². The molecule has 0 saturated carbocycles. The van der Waals surface area contributed by atoms with Gasteiger partial charge in [0, 0.05) is 11.5 Å². The maximum atomic E-state index is 2.31. The SMILES string of the molecule is C[C@H](C[NH+](C)Cc1ccccc1)c1ccccc1. The summed E-state index contributed by atoms with van der Waals surface area (Å²) in [6.45, 7) is 4.57. The van der Waals surface area contributed by atoms with Crippen molar-refractivity contribution in [1.29, 1.82) is 0 Å². The first kappa shape index (κ1) is 12.8. The Labute approximate surface area is 110 Å². The van der Waals surface area contributed by atoms with Gasteiger partial charge in [0.05, 0.1) is 13.6 Å². The van der Waals surface area contributed by atoms with Crippen LogP contribution in [0.2, 0.25) is 0 Å². The summed E-state index contributed by atoms with van der Waals surface area (Å²) in [6.07, 6.45) is 0. The van der Waals surface area contributed by atoms with Crippen molar-refractivity contribution in [2.24, 2.45) is 0 Å². The van der Waals surface area contributed by atoms with Crippen LogP contribution in [0.15, 0.2) is 60.7 Å². The van der Waals surface area contributed by atoms with E-state index in [9.17, 15) is 0 Å². The Hall–Kier alpha value is -1.60. The summed E-state index contributed by atoms with van der Waals surface area (Å²) in [5.41, 5.74) is 2.85. The lowest BCUT2D eigenvalue weighted by Crippen LogP contribution is -3.08. The van der Waals surface area contributed by atoms with Gasteiger partial charge in [0.15, 0.2) is 0 Å². The van der Waals surface area contributed by atoms with Gasteiger partial charge in [-0.2, -0.15) is 0 Å². The Bertz CT molecular complexity index is 450. The highest BCUT2D eigenvalue weighted by atomic mass is 15.1. The van der Waals surface area contributed by atoms with Crippen LogP contribution in [0.3, 0.4) is 0 Å². The van der Waals surface area contributed by atoms with E-state index in [1.165, 1.54) is 17.7 Å². The molecule has 0 aromatic heterocycles. The van der Waals surface area contributed by atoms with Gasteiger partial charge >= 0.3 is 0 Å². The molecule has 1 nitrogen and oxygen atoms in total. The highest BCUT2D eigenvalue weighted by Gasteiger charge is 2.11. The topological polar surface area (TPSA) is 4.44 Å². The van der Waals surface area contributed by atoms with Crippen molar-refractivity contribution in [1.82, 2.24) is 0 Å². The van der Waals surface area contributed by atoms with E-state index in [0.29, 0.717) is 5.92 Å². The van der Waals surface area contributed by atoms with E-state index in [1.54, 1.807) is 4.90 Å². The lowest BCUT2D eigenvalue weighted by molar-refractivity contribution is -0.895. The van der Waals surface area contributed by atoms with Crippen molar-refractivity contribution < 1.29 is 4.90 Å². The second-order valence-corrected chi connectivity index (χ2v) is 5.14. The molecule has 1 N–H and O–H groups in total. The Morgan fingerprint density at radius 3 is 2.06 bits per heavy atom. The van der Waals surface area contributed by atoms with Crippen LogP contribution in [0.4, 0.5) is 0 Å². The van der Waals surface area contributed by atoms with Gasteiger partial charge in [0.2, 0.25) is 0 Å². The van der Waals surface area contributed by atoms with E-state index in [-0.39, 0.29) is 0 Å². The Kier molecular flexibility index (Phi) is 4.54. The highest BCUT2D eigenvalue weighted by Crippen LogP contribution is 2.11. The minimum absolute atomic E-state index is 0.606. The average molecular weight is 240 g/mol. The van der Waals surface area contributed by atoms with Crippen LogP contribution in [-0.2, 0) is 6.54 Å². The van der Waals surface area contributed by atoms with Gasteiger partial charge in [-0.15, -0.1) is 0 Å². The molecule has 94 valence electrons.